The third kappa shape index (κ3) is 10.2. The number of hydrogen-bond acceptors (Lipinski definition) is 4. The lowest BCUT2D eigenvalue weighted by atomic mass is 10.1. The van der Waals surface area contributed by atoms with E-state index in [1.54, 1.807) is 0 Å². The zero-order valence-electron chi connectivity index (χ0n) is 13.7. The molecule has 1 saturated heterocycles. The molecule has 1 fully saturated rings. The molecule has 1 heterocycles. The first-order valence-corrected chi connectivity index (χ1v) is 8.82. The van der Waals surface area contributed by atoms with Crippen LogP contribution < -0.4 is 0 Å². The molecule has 1 aliphatic rings. The Morgan fingerprint density at radius 1 is 1.00 bits per heavy atom. The summed E-state index contributed by atoms with van der Waals surface area (Å²) in [5.74, 6) is 0. The number of aliphatic hydroxyl groups is 1. The van der Waals surface area contributed by atoms with Gasteiger partial charge in [-0.15, -0.1) is 0 Å². The van der Waals surface area contributed by atoms with E-state index in [1.807, 2.05) is 0 Å². The highest BCUT2D eigenvalue weighted by Gasteiger charge is 2.21. The monoisotopic (exact) mass is 302 g/mol. The average Bonchev–Trinajstić information content (AvgIpc) is 2.53. The summed E-state index contributed by atoms with van der Waals surface area (Å²) in [7, 11) is 0. The van der Waals surface area contributed by atoms with Crippen LogP contribution in [0.4, 0.5) is 0 Å². The molecule has 0 unspecified atom stereocenters. The van der Waals surface area contributed by atoms with Gasteiger partial charge in [0.15, 0.2) is 6.29 Å². The molecule has 0 aromatic heterocycles. The summed E-state index contributed by atoms with van der Waals surface area (Å²) < 4.78 is 16.7. The number of hydrogen-bond donors (Lipinski definition) is 1. The van der Waals surface area contributed by atoms with Gasteiger partial charge in [0.2, 0.25) is 0 Å². The lowest BCUT2D eigenvalue weighted by Gasteiger charge is -2.29. The van der Waals surface area contributed by atoms with E-state index in [0.717, 1.165) is 25.9 Å². The highest BCUT2D eigenvalue weighted by Crippen LogP contribution is 2.14. The molecule has 4 nitrogen and oxygen atoms in total. The van der Waals surface area contributed by atoms with E-state index >= 15 is 0 Å². The molecule has 0 radical (unpaired) electrons. The Morgan fingerprint density at radius 3 is 2.43 bits per heavy atom. The molecule has 0 spiro atoms. The molecule has 21 heavy (non-hydrogen) atoms. The lowest BCUT2D eigenvalue weighted by molar-refractivity contribution is -0.225. The summed E-state index contributed by atoms with van der Waals surface area (Å²) in [4.78, 5) is 0. The number of unbranched alkanes of at least 4 members (excludes halogenated alkanes) is 7. The third-order valence-electron chi connectivity index (χ3n) is 3.93. The van der Waals surface area contributed by atoms with Crippen molar-refractivity contribution in [1.29, 1.82) is 0 Å². The Labute approximate surface area is 130 Å². The maximum atomic E-state index is 9.06. The van der Waals surface area contributed by atoms with E-state index in [9.17, 15) is 0 Å². The van der Waals surface area contributed by atoms with Crippen molar-refractivity contribution in [1.82, 2.24) is 0 Å². The highest BCUT2D eigenvalue weighted by molar-refractivity contribution is 4.62. The summed E-state index contributed by atoms with van der Waals surface area (Å²) in [6, 6.07) is 0. The molecule has 126 valence electrons. The molecule has 4 heteroatoms. The molecule has 1 N–H and O–H groups in total. The van der Waals surface area contributed by atoms with Crippen LogP contribution in [-0.4, -0.2) is 43.9 Å². The molecular weight excluding hydrogens is 268 g/mol. The zero-order valence-corrected chi connectivity index (χ0v) is 13.7. The molecule has 1 rings (SSSR count). The smallest absolute Gasteiger partial charge is 0.160 e. The van der Waals surface area contributed by atoms with Gasteiger partial charge in [-0.1, -0.05) is 51.9 Å². The maximum Gasteiger partial charge on any atom is 0.160 e. The Bertz CT molecular complexity index is 223. The van der Waals surface area contributed by atoms with Gasteiger partial charge in [-0.2, -0.15) is 0 Å². The van der Waals surface area contributed by atoms with Crippen molar-refractivity contribution in [3.05, 3.63) is 0 Å². The summed E-state index contributed by atoms with van der Waals surface area (Å²) in [6.07, 6.45) is 11.9. The van der Waals surface area contributed by atoms with Crippen molar-refractivity contribution >= 4 is 0 Å². The highest BCUT2D eigenvalue weighted by atomic mass is 16.7. The average molecular weight is 302 g/mol. The first kappa shape index (κ1) is 18.9. The number of aliphatic hydroxyl groups excluding tert-OH is 1. The molecule has 0 aromatic rings. The molecule has 0 bridgehead atoms. The van der Waals surface area contributed by atoms with Gasteiger partial charge in [-0.3, -0.25) is 0 Å². The SMILES string of the molecule is CCCCCCCCCCOCC[C@H]1OCC[C@@H](CO)O1. The van der Waals surface area contributed by atoms with E-state index in [0.29, 0.717) is 13.2 Å². The van der Waals surface area contributed by atoms with Gasteiger partial charge >= 0.3 is 0 Å². The van der Waals surface area contributed by atoms with E-state index in [1.165, 1.54) is 44.9 Å². The molecular formula is C17H34O4. The van der Waals surface area contributed by atoms with Crippen LogP contribution in [0.2, 0.25) is 0 Å². The first-order chi connectivity index (χ1) is 10.4. The predicted octanol–water partition coefficient (Wildman–Crippen LogP) is 3.66. The quantitative estimate of drug-likeness (QED) is 0.527. The fourth-order valence-corrected chi connectivity index (χ4v) is 2.56. The van der Waals surface area contributed by atoms with Crippen LogP contribution in [-0.2, 0) is 14.2 Å². The zero-order chi connectivity index (χ0) is 15.2. The third-order valence-corrected chi connectivity index (χ3v) is 3.93. The molecule has 0 saturated carbocycles. The Morgan fingerprint density at radius 2 is 1.71 bits per heavy atom. The van der Waals surface area contributed by atoms with Crippen LogP contribution in [0.5, 0.6) is 0 Å². The molecule has 2 atom stereocenters. The van der Waals surface area contributed by atoms with Crippen LogP contribution in [0, 0.1) is 0 Å². The maximum absolute atomic E-state index is 9.06. The Balaban J connectivity index is 1.80. The second-order valence-corrected chi connectivity index (χ2v) is 5.91. The van der Waals surface area contributed by atoms with Crippen LogP contribution >= 0.6 is 0 Å². The minimum absolute atomic E-state index is 0.0588. The first-order valence-electron chi connectivity index (χ1n) is 8.82. The summed E-state index contributed by atoms with van der Waals surface area (Å²) in [5.41, 5.74) is 0. The van der Waals surface area contributed by atoms with Gasteiger partial charge in [0.05, 0.1) is 25.9 Å². The van der Waals surface area contributed by atoms with Crippen LogP contribution in [0.1, 0.15) is 71.1 Å². The van der Waals surface area contributed by atoms with Gasteiger partial charge < -0.3 is 19.3 Å². The van der Waals surface area contributed by atoms with Crippen molar-refractivity contribution in [2.24, 2.45) is 0 Å². The van der Waals surface area contributed by atoms with Crippen molar-refractivity contribution in [3.63, 3.8) is 0 Å². The molecule has 0 amide bonds. The van der Waals surface area contributed by atoms with Crippen LogP contribution in [0.25, 0.3) is 0 Å². The topological polar surface area (TPSA) is 47.9 Å². The van der Waals surface area contributed by atoms with Gasteiger partial charge in [0.1, 0.15) is 0 Å². The van der Waals surface area contributed by atoms with Gasteiger partial charge in [0, 0.05) is 13.0 Å². The van der Waals surface area contributed by atoms with Gasteiger partial charge in [0.25, 0.3) is 0 Å². The van der Waals surface area contributed by atoms with Crippen molar-refractivity contribution in [2.75, 3.05) is 26.4 Å². The van der Waals surface area contributed by atoms with E-state index < -0.39 is 0 Å². The van der Waals surface area contributed by atoms with E-state index in [4.69, 9.17) is 19.3 Å². The minimum atomic E-state index is -0.200. The number of rotatable bonds is 13. The largest absolute Gasteiger partial charge is 0.394 e. The van der Waals surface area contributed by atoms with Crippen molar-refractivity contribution in [3.8, 4) is 0 Å². The van der Waals surface area contributed by atoms with Crippen LogP contribution in [0.15, 0.2) is 0 Å². The fraction of sp³-hybridized carbons (Fsp3) is 1.00. The van der Waals surface area contributed by atoms with E-state index in [2.05, 4.69) is 6.92 Å². The molecule has 0 aliphatic carbocycles. The lowest BCUT2D eigenvalue weighted by Crippen LogP contribution is -2.35. The fourth-order valence-electron chi connectivity index (χ4n) is 2.56. The van der Waals surface area contributed by atoms with Crippen LogP contribution in [0.3, 0.4) is 0 Å². The summed E-state index contributed by atoms with van der Waals surface area (Å²) in [5, 5.41) is 9.06. The summed E-state index contributed by atoms with van der Waals surface area (Å²) in [6.45, 7) is 4.53. The van der Waals surface area contributed by atoms with E-state index in [-0.39, 0.29) is 19.0 Å². The number of ether oxygens (including phenoxy) is 3. The van der Waals surface area contributed by atoms with Crippen molar-refractivity contribution < 1.29 is 19.3 Å². The summed E-state index contributed by atoms with van der Waals surface area (Å²) >= 11 is 0. The normalized spacial score (nSPS) is 22.6. The Kier molecular flexibility index (Phi) is 12.1. The second kappa shape index (κ2) is 13.5. The predicted molar refractivity (Wildman–Crippen MR) is 84.4 cm³/mol. The van der Waals surface area contributed by atoms with Gasteiger partial charge in [-0.05, 0) is 12.8 Å². The second-order valence-electron chi connectivity index (χ2n) is 5.91. The standard InChI is InChI=1S/C17H34O4/c1-2-3-4-5-6-7-8-9-12-19-13-11-17-20-14-10-16(15-18)21-17/h16-18H,2-15H2,1H3/t16-,17-/m0/s1. The minimum Gasteiger partial charge on any atom is -0.394 e. The Hall–Kier alpha value is -0.160. The van der Waals surface area contributed by atoms with Gasteiger partial charge in [-0.25, -0.2) is 0 Å². The molecule has 1 aliphatic heterocycles. The molecule has 0 aromatic carbocycles. The van der Waals surface area contributed by atoms with Crippen molar-refractivity contribution in [2.45, 2.75) is 83.5 Å².